The van der Waals surface area contributed by atoms with Crippen LogP contribution in [-0.4, -0.2) is 6.29 Å². The first-order valence-corrected chi connectivity index (χ1v) is 5.38. The molecular formula is C10H8Br2O. The van der Waals surface area contributed by atoms with E-state index in [4.69, 9.17) is 0 Å². The summed E-state index contributed by atoms with van der Waals surface area (Å²) in [4.78, 5) is 10.1. The number of carbonyl (C=O) groups excluding carboxylic acids is 1. The summed E-state index contributed by atoms with van der Waals surface area (Å²) in [6.07, 6.45) is 5.09. The topological polar surface area (TPSA) is 17.1 Å². The van der Waals surface area contributed by atoms with E-state index >= 15 is 0 Å². The lowest BCUT2D eigenvalue weighted by Gasteiger charge is -1.98. The summed E-state index contributed by atoms with van der Waals surface area (Å²) in [6.45, 7) is 0. The molecule has 0 fully saturated rings. The van der Waals surface area contributed by atoms with Gasteiger partial charge >= 0.3 is 0 Å². The Balaban J connectivity index is 2.86. The van der Waals surface area contributed by atoms with Crippen molar-refractivity contribution in [2.45, 2.75) is 6.42 Å². The second-order valence-electron chi connectivity index (χ2n) is 2.47. The van der Waals surface area contributed by atoms with Gasteiger partial charge in [0.25, 0.3) is 0 Å². The van der Waals surface area contributed by atoms with Gasteiger partial charge in [0.15, 0.2) is 0 Å². The lowest BCUT2D eigenvalue weighted by atomic mass is 10.2. The van der Waals surface area contributed by atoms with E-state index in [9.17, 15) is 4.79 Å². The van der Waals surface area contributed by atoms with Crippen LogP contribution in [0.15, 0.2) is 33.2 Å². The number of carbonyl (C=O) groups is 1. The van der Waals surface area contributed by atoms with Crippen molar-refractivity contribution in [3.63, 3.8) is 0 Å². The summed E-state index contributed by atoms with van der Waals surface area (Å²) in [5, 5.41) is 0. The molecule has 1 aromatic carbocycles. The van der Waals surface area contributed by atoms with Crippen LogP contribution in [-0.2, 0) is 4.79 Å². The van der Waals surface area contributed by atoms with Crippen LogP contribution in [0.5, 0.6) is 0 Å². The summed E-state index contributed by atoms with van der Waals surface area (Å²) in [5.74, 6) is 0. The number of rotatable bonds is 3. The molecule has 0 N–H and O–H groups in total. The lowest BCUT2D eigenvalue weighted by Crippen LogP contribution is -1.76. The average molecular weight is 304 g/mol. The van der Waals surface area contributed by atoms with Crippen molar-refractivity contribution in [3.8, 4) is 0 Å². The zero-order valence-corrected chi connectivity index (χ0v) is 10.0. The molecule has 0 aliphatic rings. The van der Waals surface area contributed by atoms with Crippen molar-refractivity contribution in [2.75, 3.05) is 0 Å². The second kappa shape index (κ2) is 5.35. The Bertz CT molecular complexity index is 332. The van der Waals surface area contributed by atoms with Gasteiger partial charge in [-0.25, -0.2) is 0 Å². The van der Waals surface area contributed by atoms with Crippen LogP contribution in [0.3, 0.4) is 0 Å². The molecule has 0 spiro atoms. The fraction of sp³-hybridized carbons (Fsp3) is 0.100. The van der Waals surface area contributed by atoms with Crippen molar-refractivity contribution < 1.29 is 4.79 Å². The highest BCUT2D eigenvalue weighted by molar-refractivity contribution is 9.11. The fourth-order valence-electron chi connectivity index (χ4n) is 0.893. The van der Waals surface area contributed by atoms with Gasteiger partial charge < -0.3 is 4.79 Å². The molecule has 0 bridgehead atoms. The van der Waals surface area contributed by atoms with Gasteiger partial charge in [-0.1, -0.05) is 44.0 Å². The number of hydrogen-bond acceptors (Lipinski definition) is 1. The molecule has 0 saturated carbocycles. The molecule has 3 heteroatoms. The van der Waals surface area contributed by atoms with Crippen molar-refractivity contribution in [1.82, 2.24) is 0 Å². The molecule has 0 amide bonds. The van der Waals surface area contributed by atoms with Gasteiger partial charge in [-0.15, -0.1) is 0 Å². The standard InChI is InChI=1S/C10H8Br2O/c11-9-4-5-10(12)8(7-9)3-1-2-6-13/h1,3-7H,2H2/b3-1+. The highest BCUT2D eigenvalue weighted by Crippen LogP contribution is 2.22. The molecule has 1 aromatic rings. The van der Waals surface area contributed by atoms with E-state index in [2.05, 4.69) is 31.9 Å². The molecule has 0 heterocycles. The number of allylic oxidation sites excluding steroid dienone is 1. The van der Waals surface area contributed by atoms with E-state index in [1.54, 1.807) is 0 Å². The maximum atomic E-state index is 10.1. The minimum Gasteiger partial charge on any atom is -0.303 e. The summed E-state index contributed by atoms with van der Waals surface area (Å²) in [5.41, 5.74) is 1.07. The van der Waals surface area contributed by atoms with Gasteiger partial charge in [0.1, 0.15) is 6.29 Å². The Morgan fingerprint density at radius 2 is 2.08 bits per heavy atom. The minimum atomic E-state index is 0.457. The largest absolute Gasteiger partial charge is 0.303 e. The molecule has 0 aliphatic heterocycles. The molecule has 13 heavy (non-hydrogen) atoms. The molecule has 0 aromatic heterocycles. The molecule has 0 aliphatic carbocycles. The molecule has 0 unspecified atom stereocenters. The van der Waals surface area contributed by atoms with E-state index in [0.717, 1.165) is 20.8 Å². The monoisotopic (exact) mass is 302 g/mol. The lowest BCUT2D eigenvalue weighted by molar-refractivity contribution is -0.107. The first-order valence-electron chi connectivity index (χ1n) is 3.79. The van der Waals surface area contributed by atoms with Crippen molar-refractivity contribution in [2.24, 2.45) is 0 Å². The summed E-state index contributed by atoms with van der Waals surface area (Å²) < 4.78 is 2.05. The van der Waals surface area contributed by atoms with E-state index in [-0.39, 0.29) is 0 Å². The van der Waals surface area contributed by atoms with Crippen LogP contribution in [0.4, 0.5) is 0 Å². The maximum absolute atomic E-state index is 10.1. The Hall–Kier alpha value is -0.410. The van der Waals surface area contributed by atoms with Gasteiger partial charge in [-0.3, -0.25) is 0 Å². The average Bonchev–Trinajstić information content (AvgIpc) is 2.11. The number of halogens is 2. The Kier molecular flexibility index (Phi) is 4.39. The van der Waals surface area contributed by atoms with Crippen LogP contribution in [0.25, 0.3) is 6.08 Å². The SMILES string of the molecule is O=CC/C=C/c1cc(Br)ccc1Br. The Labute approximate surface area is 94.1 Å². The zero-order chi connectivity index (χ0) is 9.68. The third-order valence-electron chi connectivity index (χ3n) is 1.49. The van der Waals surface area contributed by atoms with Crippen LogP contribution < -0.4 is 0 Å². The van der Waals surface area contributed by atoms with Gasteiger partial charge in [-0.05, 0) is 23.8 Å². The Morgan fingerprint density at radius 1 is 1.31 bits per heavy atom. The summed E-state index contributed by atoms with van der Waals surface area (Å²) >= 11 is 6.80. The molecule has 68 valence electrons. The molecule has 0 radical (unpaired) electrons. The van der Waals surface area contributed by atoms with Crippen LogP contribution in [0.2, 0.25) is 0 Å². The summed E-state index contributed by atoms with van der Waals surface area (Å²) in [6, 6.07) is 5.91. The highest BCUT2D eigenvalue weighted by atomic mass is 79.9. The maximum Gasteiger partial charge on any atom is 0.123 e. The number of benzene rings is 1. The van der Waals surface area contributed by atoms with E-state index in [1.165, 1.54) is 0 Å². The molecule has 1 rings (SSSR count). The van der Waals surface area contributed by atoms with Gasteiger partial charge in [0.2, 0.25) is 0 Å². The van der Waals surface area contributed by atoms with Crippen LogP contribution >= 0.6 is 31.9 Å². The molecule has 0 saturated heterocycles. The van der Waals surface area contributed by atoms with Crippen molar-refractivity contribution in [3.05, 3.63) is 38.8 Å². The first-order chi connectivity index (χ1) is 6.24. The second-order valence-corrected chi connectivity index (χ2v) is 4.24. The number of hydrogen-bond donors (Lipinski definition) is 0. The molecule has 0 atom stereocenters. The van der Waals surface area contributed by atoms with E-state index in [1.807, 2.05) is 30.4 Å². The van der Waals surface area contributed by atoms with E-state index < -0.39 is 0 Å². The minimum absolute atomic E-state index is 0.457. The fourth-order valence-corrected chi connectivity index (χ4v) is 1.65. The number of aldehydes is 1. The van der Waals surface area contributed by atoms with Crippen molar-refractivity contribution in [1.29, 1.82) is 0 Å². The predicted octanol–water partition coefficient (Wildman–Crippen LogP) is 3.81. The first kappa shape index (κ1) is 10.7. The molecule has 1 nitrogen and oxygen atoms in total. The van der Waals surface area contributed by atoms with Gasteiger partial charge in [-0.2, -0.15) is 0 Å². The third kappa shape index (κ3) is 3.44. The van der Waals surface area contributed by atoms with Crippen LogP contribution in [0, 0.1) is 0 Å². The highest BCUT2D eigenvalue weighted by Gasteiger charge is 1.95. The smallest absolute Gasteiger partial charge is 0.123 e. The predicted molar refractivity (Wildman–Crippen MR) is 61.6 cm³/mol. The van der Waals surface area contributed by atoms with Gasteiger partial charge in [0, 0.05) is 15.4 Å². The normalized spacial score (nSPS) is 10.6. The zero-order valence-electron chi connectivity index (χ0n) is 6.84. The molecular weight excluding hydrogens is 296 g/mol. The van der Waals surface area contributed by atoms with E-state index in [0.29, 0.717) is 6.42 Å². The van der Waals surface area contributed by atoms with Crippen molar-refractivity contribution >= 4 is 44.2 Å². The summed E-state index contributed by atoms with van der Waals surface area (Å²) in [7, 11) is 0. The Morgan fingerprint density at radius 3 is 2.77 bits per heavy atom. The quantitative estimate of drug-likeness (QED) is 0.776. The van der Waals surface area contributed by atoms with Gasteiger partial charge in [0.05, 0.1) is 0 Å². The third-order valence-corrected chi connectivity index (χ3v) is 2.70. The van der Waals surface area contributed by atoms with Crippen LogP contribution in [0.1, 0.15) is 12.0 Å².